The summed E-state index contributed by atoms with van der Waals surface area (Å²) in [4.78, 5) is 14.1. The molecule has 0 aliphatic carbocycles. The maximum atomic E-state index is 12.2. The van der Waals surface area contributed by atoms with E-state index in [0.717, 1.165) is 34.6 Å². The lowest BCUT2D eigenvalue weighted by Crippen LogP contribution is -2.32. The molecule has 5 heteroatoms. The second-order valence-electron chi connectivity index (χ2n) is 3.92. The van der Waals surface area contributed by atoms with E-state index in [-0.39, 0.29) is 11.7 Å². The van der Waals surface area contributed by atoms with Gasteiger partial charge in [-0.05, 0) is 53.0 Å². The molecule has 17 heavy (non-hydrogen) atoms. The Morgan fingerprint density at radius 2 is 2.18 bits per heavy atom. The number of aromatic hydroxyl groups is 1. The Morgan fingerprint density at radius 1 is 1.35 bits per heavy atom. The van der Waals surface area contributed by atoms with E-state index in [1.807, 2.05) is 39.3 Å². The Morgan fingerprint density at radius 3 is 2.94 bits per heavy atom. The van der Waals surface area contributed by atoms with Crippen LogP contribution < -0.4 is 0 Å². The monoisotopic (exact) mass is 363 g/mol. The lowest BCUT2D eigenvalue weighted by atomic mass is 10.2. The van der Waals surface area contributed by atoms with Gasteiger partial charge in [0.25, 0.3) is 5.91 Å². The number of nitrogens with zero attached hydrogens (tertiary/aromatic N) is 1. The molecule has 1 saturated heterocycles. The minimum Gasteiger partial charge on any atom is -0.507 e. The summed E-state index contributed by atoms with van der Waals surface area (Å²) >= 11 is 3.94. The van der Waals surface area contributed by atoms with Crippen LogP contribution in [-0.4, -0.2) is 40.5 Å². The summed E-state index contributed by atoms with van der Waals surface area (Å²) in [7, 11) is 0. The first-order valence-electron chi connectivity index (χ1n) is 5.54. The van der Waals surface area contributed by atoms with Crippen LogP contribution in [0.5, 0.6) is 5.75 Å². The molecule has 1 aliphatic heterocycles. The molecule has 0 saturated carbocycles. The van der Waals surface area contributed by atoms with Crippen LogP contribution in [-0.2, 0) is 0 Å². The molecule has 2 rings (SSSR count). The summed E-state index contributed by atoms with van der Waals surface area (Å²) in [6.45, 7) is 1.62. The number of carbonyl (C=O) groups excluding carboxylic acids is 1. The number of rotatable bonds is 1. The number of benzene rings is 1. The van der Waals surface area contributed by atoms with Crippen molar-refractivity contribution in [2.45, 2.75) is 6.42 Å². The molecule has 3 nitrogen and oxygen atoms in total. The fourth-order valence-electron chi connectivity index (χ4n) is 1.78. The molecule has 92 valence electrons. The number of phenolic OH excluding ortho intramolecular Hbond substituents is 1. The quantitative estimate of drug-likeness (QED) is 0.780. The van der Waals surface area contributed by atoms with E-state index in [2.05, 4.69) is 0 Å². The first-order chi connectivity index (χ1) is 8.18. The summed E-state index contributed by atoms with van der Waals surface area (Å²) in [5.41, 5.74) is 0.579. The number of carbonyl (C=O) groups is 1. The van der Waals surface area contributed by atoms with Gasteiger partial charge >= 0.3 is 0 Å². The molecule has 0 bridgehead atoms. The molecule has 1 N–H and O–H groups in total. The fraction of sp³-hybridized carbons (Fsp3) is 0.417. The predicted molar refractivity (Wildman–Crippen MR) is 78.7 cm³/mol. The Balaban J connectivity index is 2.14. The highest BCUT2D eigenvalue weighted by molar-refractivity contribution is 14.1. The van der Waals surface area contributed by atoms with E-state index in [0.29, 0.717) is 5.56 Å². The molecule has 0 unspecified atom stereocenters. The van der Waals surface area contributed by atoms with E-state index in [9.17, 15) is 9.90 Å². The average molecular weight is 363 g/mol. The average Bonchev–Trinajstić information content (AvgIpc) is 2.60. The minimum atomic E-state index is 0.0270. The van der Waals surface area contributed by atoms with Crippen LogP contribution in [0.25, 0.3) is 0 Å². The van der Waals surface area contributed by atoms with Gasteiger partial charge in [-0.15, -0.1) is 0 Å². The standard InChI is InChI=1S/C12H14INO2S/c13-10-3-2-9(8-11(10)15)12(16)14-4-1-6-17-7-5-14/h2-3,8,15H,1,4-7H2. The maximum Gasteiger partial charge on any atom is 0.254 e. The van der Waals surface area contributed by atoms with E-state index in [1.54, 1.807) is 18.2 Å². The zero-order chi connectivity index (χ0) is 12.3. The molecule has 0 radical (unpaired) electrons. The zero-order valence-electron chi connectivity index (χ0n) is 9.36. The van der Waals surface area contributed by atoms with Crippen molar-refractivity contribution in [1.29, 1.82) is 0 Å². The van der Waals surface area contributed by atoms with E-state index in [1.165, 1.54) is 0 Å². The predicted octanol–water partition coefficient (Wildman–Crippen LogP) is 2.58. The normalized spacial score (nSPS) is 16.6. The van der Waals surface area contributed by atoms with Crippen molar-refractivity contribution in [2.75, 3.05) is 24.6 Å². The van der Waals surface area contributed by atoms with E-state index >= 15 is 0 Å². The van der Waals surface area contributed by atoms with Crippen LogP contribution in [0.2, 0.25) is 0 Å². The van der Waals surface area contributed by atoms with Crippen LogP contribution in [0.4, 0.5) is 0 Å². The van der Waals surface area contributed by atoms with Gasteiger partial charge < -0.3 is 10.0 Å². The molecule has 0 spiro atoms. The molecule has 0 atom stereocenters. The first-order valence-corrected chi connectivity index (χ1v) is 7.77. The van der Waals surface area contributed by atoms with Crippen LogP contribution in [0.3, 0.4) is 0 Å². The summed E-state index contributed by atoms with van der Waals surface area (Å²) in [5.74, 6) is 2.34. The molecule has 1 aromatic rings. The number of amides is 1. The van der Waals surface area contributed by atoms with Gasteiger partial charge in [0.15, 0.2) is 0 Å². The van der Waals surface area contributed by atoms with E-state index in [4.69, 9.17) is 0 Å². The molecule has 0 aromatic heterocycles. The van der Waals surface area contributed by atoms with Gasteiger partial charge in [-0.3, -0.25) is 4.79 Å². The molecular formula is C12H14INO2S. The van der Waals surface area contributed by atoms with Crippen LogP contribution in [0, 0.1) is 3.57 Å². The third-order valence-corrected chi connectivity index (χ3v) is 4.66. The van der Waals surface area contributed by atoms with E-state index < -0.39 is 0 Å². The van der Waals surface area contributed by atoms with Gasteiger partial charge in [0.1, 0.15) is 5.75 Å². The van der Waals surface area contributed by atoms with Crippen molar-refractivity contribution < 1.29 is 9.90 Å². The summed E-state index contributed by atoms with van der Waals surface area (Å²) in [5, 5.41) is 9.62. The van der Waals surface area contributed by atoms with Gasteiger partial charge in [-0.1, -0.05) is 0 Å². The highest BCUT2D eigenvalue weighted by Crippen LogP contribution is 2.22. The largest absolute Gasteiger partial charge is 0.507 e. The lowest BCUT2D eigenvalue weighted by Gasteiger charge is -2.20. The van der Waals surface area contributed by atoms with Gasteiger partial charge in [0, 0.05) is 24.4 Å². The van der Waals surface area contributed by atoms with Crippen LogP contribution >= 0.6 is 34.4 Å². The van der Waals surface area contributed by atoms with Crippen molar-refractivity contribution in [2.24, 2.45) is 0 Å². The maximum absolute atomic E-state index is 12.2. The third kappa shape index (κ3) is 3.28. The third-order valence-electron chi connectivity index (χ3n) is 2.70. The smallest absolute Gasteiger partial charge is 0.254 e. The number of halogens is 1. The summed E-state index contributed by atoms with van der Waals surface area (Å²) in [6.07, 6.45) is 1.05. The van der Waals surface area contributed by atoms with Crippen molar-refractivity contribution in [3.05, 3.63) is 27.3 Å². The number of phenols is 1. The van der Waals surface area contributed by atoms with Crippen molar-refractivity contribution in [1.82, 2.24) is 4.90 Å². The van der Waals surface area contributed by atoms with Crippen LogP contribution in [0.1, 0.15) is 16.8 Å². The Hall–Kier alpha value is -0.430. The van der Waals surface area contributed by atoms with Gasteiger partial charge in [-0.2, -0.15) is 11.8 Å². The summed E-state index contributed by atoms with van der Waals surface area (Å²) in [6, 6.07) is 5.11. The van der Waals surface area contributed by atoms with Crippen molar-refractivity contribution in [3.8, 4) is 5.75 Å². The molecule has 1 aliphatic rings. The lowest BCUT2D eigenvalue weighted by molar-refractivity contribution is 0.0768. The molecule has 1 fully saturated rings. The van der Waals surface area contributed by atoms with Crippen LogP contribution in [0.15, 0.2) is 18.2 Å². The number of hydrogen-bond acceptors (Lipinski definition) is 3. The Labute approximate surface area is 119 Å². The SMILES string of the molecule is O=C(c1ccc(I)c(O)c1)N1CCCSCC1. The van der Waals surface area contributed by atoms with Crippen molar-refractivity contribution in [3.63, 3.8) is 0 Å². The highest BCUT2D eigenvalue weighted by atomic mass is 127. The van der Waals surface area contributed by atoms with Gasteiger partial charge in [0.05, 0.1) is 3.57 Å². The summed E-state index contributed by atoms with van der Waals surface area (Å²) < 4.78 is 0.769. The number of thioether (sulfide) groups is 1. The fourth-order valence-corrected chi connectivity index (χ4v) is 3.00. The number of hydrogen-bond donors (Lipinski definition) is 1. The topological polar surface area (TPSA) is 40.5 Å². The highest BCUT2D eigenvalue weighted by Gasteiger charge is 2.18. The second-order valence-corrected chi connectivity index (χ2v) is 6.31. The Bertz CT molecular complexity index is 417. The molecule has 1 amide bonds. The molecular weight excluding hydrogens is 349 g/mol. The molecule has 1 aromatic carbocycles. The van der Waals surface area contributed by atoms with Gasteiger partial charge in [0.2, 0.25) is 0 Å². The van der Waals surface area contributed by atoms with Gasteiger partial charge in [-0.25, -0.2) is 0 Å². The van der Waals surface area contributed by atoms with Crippen molar-refractivity contribution >= 4 is 40.3 Å². The second kappa shape index (κ2) is 5.95. The molecule has 1 heterocycles. The zero-order valence-corrected chi connectivity index (χ0v) is 12.3. The minimum absolute atomic E-state index is 0.0270. The first kappa shape index (κ1) is 13.0. The Kier molecular flexibility index (Phi) is 4.55.